The maximum atomic E-state index is 13.2. The van der Waals surface area contributed by atoms with Gasteiger partial charge >= 0.3 is 7.60 Å². The number of rotatable bonds is 11. The molecule has 0 aromatic carbocycles. The van der Waals surface area contributed by atoms with Crippen LogP contribution in [0.5, 0.6) is 0 Å². The van der Waals surface area contributed by atoms with Gasteiger partial charge in [-0.05, 0) is 62.1 Å². The van der Waals surface area contributed by atoms with Gasteiger partial charge in [0.1, 0.15) is 0 Å². The van der Waals surface area contributed by atoms with Crippen molar-refractivity contribution in [2.75, 3.05) is 26.0 Å². The van der Waals surface area contributed by atoms with Crippen molar-refractivity contribution in [3.8, 4) is 0 Å². The summed E-state index contributed by atoms with van der Waals surface area (Å²) in [4.78, 5) is 0. The van der Waals surface area contributed by atoms with Crippen LogP contribution < -0.4 is 0 Å². The van der Waals surface area contributed by atoms with E-state index in [9.17, 15) is 4.57 Å². The molecule has 0 aliphatic heterocycles. The van der Waals surface area contributed by atoms with Crippen molar-refractivity contribution < 1.29 is 18.0 Å². The van der Waals surface area contributed by atoms with E-state index in [0.717, 1.165) is 19.4 Å². The zero-order chi connectivity index (χ0) is 21.8. The standard InChI is InChI=1S/C22H45O4PSi/c1-11-24-27(23,25-12-2)17-19-13-14-20(18(3)4)22(19,8)15-16-26-28(9,10)21(5,6)7/h13,18,20H,11-12,14-17H2,1-10H3/t20-,22+/m0/s1. The molecule has 0 amide bonds. The fourth-order valence-electron chi connectivity index (χ4n) is 4.06. The van der Waals surface area contributed by atoms with E-state index in [-0.39, 0.29) is 10.5 Å². The normalized spacial score (nSPS) is 24.1. The van der Waals surface area contributed by atoms with Crippen molar-refractivity contribution in [3.05, 3.63) is 11.6 Å². The molecule has 0 saturated heterocycles. The minimum Gasteiger partial charge on any atom is -0.417 e. The SMILES string of the molecule is CCOP(=O)(CC1=CC[C@@H](C(C)C)[C@]1(C)CCO[Si](C)(C)C(C)(C)C)OCC. The largest absolute Gasteiger partial charge is 0.417 e. The smallest absolute Gasteiger partial charge is 0.334 e. The van der Waals surface area contributed by atoms with Crippen molar-refractivity contribution in [3.63, 3.8) is 0 Å². The molecule has 0 heterocycles. The van der Waals surface area contributed by atoms with Crippen LogP contribution in [-0.4, -0.2) is 34.3 Å². The summed E-state index contributed by atoms with van der Waals surface area (Å²) in [5.41, 5.74) is 1.20. The molecule has 0 unspecified atom stereocenters. The fourth-order valence-corrected chi connectivity index (χ4v) is 7.06. The molecule has 0 saturated carbocycles. The van der Waals surface area contributed by atoms with Crippen LogP contribution in [0.25, 0.3) is 0 Å². The Hall–Kier alpha value is 0.0669. The quantitative estimate of drug-likeness (QED) is 0.196. The fraction of sp³-hybridized carbons (Fsp3) is 0.909. The maximum absolute atomic E-state index is 13.2. The molecule has 0 radical (unpaired) electrons. The monoisotopic (exact) mass is 432 g/mol. The third-order valence-electron chi connectivity index (χ3n) is 6.88. The molecule has 4 nitrogen and oxygen atoms in total. The van der Waals surface area contributed by atoms with Gasteiger partial charge in [0.2, 0.25) is 0 Å². The first kappa shape index (κ1) is 26.1. The van der Waals surface area contributed by atoms with Gasteiger partial charge in [-0.2, -0.15) is 0 Å². The molecule has 6 heteroatoms. The second kappa shape index (κ2) is 9.92. The zero-order valence-corrected chi connectivity index (χ0v) is 21.9. The lowest BCUT2D eigenvalue weighted by molar-refractivity contribution is 0.144. The Morgan fingerprint density at radius 1 is 1.21 bits per heavy atom. The average molecular weight is 433 g/mol. The van der Waals surface area contributed by atoms with Gasteiger partial charge in [0.05, 0.1) is 19.4 Å². The summed E-state index contributed by atoms with van der Waals surface area (Å²) in [6.07, 6.45) is 4.67. The summed E-state index contributed by atoms with van der Waals surface area (Å²) in [7, 11) is -4.87. The molecule has 0 N–H and O–H groups in total. The molecule has 0 bridgehead atoms. The zero-order valence-electron chi connectivity index (χ0n) is 20.1. The van der Waals surface area contributed by atoms with Crippen LogP contribution in [0.4, 0.5) is 0 Å². The van der Waals surface area contributed by atoms with Gasteiger partial charge in [0.25, 0.3) is 0 Å². The average Bonchev–Trinajstić information content (AvgIpc) is 2.83. The lowest BCUT2D eigenvalue weighted by Crippen LogP contribution is -2.42. The van der Waals surface area contributed by atoms with Crippen molar-refractivity contribution in [1.29, 1.82) is 0 Å². The predicted octanol–water partition coefficient (Wildman–Crippen LogP) is 7.27. The van der Waals surface area contributed by atoms with E-state index in [1.54, 1.807) is 0 Å². The Kier molecular flexibility index (Phi) is 9.24. The third-order valence-corrected chi connectivity index (χ3v) is 13.5. The highest BCUT2D eigenvalue weighted by molar-refractivity contribution is 7.54. The van der Waals surface area contributed by atoms with Crippen LogP contribution >= 0.6 is 7.60 Å². The Bertz CT molecular complexity index is 570. The first-order valence-corrected chi connectivity index (χ1v) is 15.6. The molecule has 0 aromatic rings. The second-order valence-corrected chi connectivity index (χ2v) is 17.1. The maximum Gasteiger partial charge on any atom is 0.334 e. The molecule has 2 atom stereocenters. The van der Waals surface area contributed by atoms with E-state index < -0.39 is 15.9 Å². The minimum atomic E-state index is -3.10. The van der Waals surface area contributed by atoms with Crippen LogP contribution in [-0.2, 0) is 18.0 Å². The van der Waals surface area contributed by atoms with E-state index in [1.165, 1.54) is 5.57 Å². The number of hydrogen-bond acceptors (Lipinski definition) is 4. The lowest BCUT2D eigenvalue weighted by Gasteiger charge is -2.41. The van der Waals surface area contributed by atoms with Gasteiger partial charge in [0.15, 0.2) is 8.32 Å². The van der Waals surface area contributed by atoms with Crippen LogP contribution in [0.1, 0.15) is 68.2 Å². The van der Waals surface area contributed by atoms with Gasteiger partial charge in [-0.1, -0.05) is 53.2 Å². The van der Waals surface area contributed by atoms with Crippen LogP contribution in [0.2, 0.25) is 18.1 Å². The van der Waals surface area contributed by atoms with Crippen LogP contribution in [0.3, 0.4) is 0 Å². The Morgan fingerprint density at radius 2 is 1.75 bits per heavy atom. The molecule has 28 heavy (non-hydrogen) atoms. The van der Waals surface area contributed by atoms with Crippen molar-refractivity contribution in [2.45, 2.75) is 86.4 Å². The van der Waals surface area contributed by atoms with Crippen LogP contribution in [0.15, 0.2) is 11.6 Å². The second-order valence-electron chi connectivity index (χ2n) is 10.2. The molecule has 1 rings (SSSR count). The molecule has 1 aliphatic rings. The van der Waals surface area contributed by atoms with Gasteiger partial charge in [-0.25, -0.2) is 0 Å². The Morgan fingerprint density at radius 3 is 2.18 bits per heavy atom. The van der Waals surface area contributed by atoms with Crippen LogP contribution in [0, 0.1) is 17.3 Å². The highest BCUT2D eigenvalue weighted by Crippen LogP contribution is 2.58. The summed E-state index contributed by atoms with van der Waals surface area (Å²) in [5, 5.41) is 0.208. The predicted molar refractivity (Wildman–Crippen MR) is 123 cm³/mol. The van der Waals surface area contributed by atoms with E-state index in [1.807, 2.05) is 13.8 Å². The van der Waals surface area contributed by atoms with Crippen molar-refractivity contribution in [1.82, 2.24) is 0 Å². The van der Waals surface area contributed by atoms with Gasteiger partial charge in [0, 0.05) is 6.61 Å². The molecular formula is C22H45O4PSi. The third kappa shape index (κ3) is 6.28. The topological polar surface area (TPSA) is 44.8 Å². The van der Waals surface area contributed by atoms with Gasteiger partial charge < -0.3 is 13.5 Å². The summed E-state index contributed by atoms with van der Waals surface area (Å²) in [6.45, 7) is 23.7. The Labute approximate surface area is 175 Å². The summed E-state index contributed by atoms with van der Waals surface area (Å²) in [6, 6.07) is 0. The number of hydrogen-bond donors (Lipinski definition) is 0. The van der Waals surface area contributed by atoms with E-state index in [4.69, 9.17) is 13.5 Å². The minimum absolute atomic E-state index is 0.0274. The summed E-state index contributed by atoms with van der Waals surface area (Å²) in [5.74, 6) is 1.09. The summed E-state index contributed by atoms with van der Waals surface area (Å²) >= 11 is 0. The molecule has 0 fully saturated rings. The molecule has 0 spiro atoms. The Balaban J connectivity index is 3.00. The first-order chi connectivity index (χ1) is 12.7. The highest BCUT2D eigenvalue weighted by Gasteiger charge is 2.46. The van der Waals surface area contributed by atoms with E-state index >= 15 is 0 Å². The van der Waals surface area contributed by atoms with Crippen molar-refractivity contribution in [2.24, 2.45) is 17.3 Å². The molecular weight excluding hydrogens is 387 g/mol. The van der Waals surface area contributed by atoms with Gasteiger partial charge in [-0.15, -0.1) is 0 Å². The first-order valence-electron chi connectivity index (χ1n) is 10.9. The molecule has 0 aromatic heterocycles. The van der Waals surface area contributed by atoms with Gasteiger partial charge in [-0.3, -0.25) is 4.57 Å². The lowest BCUT2D eigenvalue weighted by atomic mass is 9.69. The molecule has 166 valence electrons. The van der Waals surface area contributed by atoms with E-state index in [0.29, 0.717) is 31.2 Å². The highest BCUT2D eigenvalue weighted by atomic mass is 31.2. The summed E-state index contributed by atoms with van der Waals surface area (Å²) < 4.78 is 30.9. The van der Waals surface area contributed by atoms with Crippen molar-refractivity contribution >= 4 is 15.9 Å². The molecule has 1 aliphatic carbocycles. The number of allylic oxidation sites excluding steroid dienone is 2. The van der Waals surface area contributed by atoms with E-state index in [2.05, 4.69) is 60.7 Å².